The molecule has 4 heteroatoms. The fourth-order valence-electron chi connectivity index (χ4n) is 3.32. The van der Waals surface area contributed by atoms with Crippen molar-refractivity contribution >= 4 is 5.91 Å². The van der Waals surface area contributed by atoms with Crippen molar-refractivity contribution in [3.05, 3.63) is 0 Å². The first-order valence-corrected chi connectivity index (χ1v) is 5.84. The standard InChI is InChI=1S/C12H21NO3/c1-8(14)13-12-6-5-11(4,10(12,2)3)7-16-9(12)15/h9,15H,5-7H2,1-4H3,(H,13,14)/t9?,11-,12-/m0/s1. The number of amides is 1. The summed E-state index contributed by atoms with van der Waals surface area (Å²) in [6.07, 6.45) is 0.844. The average molecular weight is 227 g/mol. The van der Waals surface area contributed by atoms with Crippen LogP contribution in [0.1, 0.15) is 40.5 Å². The van der Waals surface area contributed by atoms with Gasteiger partial charge >= 0.3 is 0 Å². The Hall–Kier alpha value is -0.610. The van der Waals surface area contributed by atoms with Crippen molar-refractivity contribution in [1.29, 1.82) is 0 Å². The Morgan fingerprint density at radius 1 is 1.38 bits per heavy atom. The van der Waals surface area contributed by atoms with E-state index in [9.17, 15) is 9.90 Å². The van der Waals surface area contributed by atoms with Crippen molar-refractivity contribution in [2.24, 2.45) is 10.8 Å². The van der Waals surface area contributed by atoms with E-state index in [4.69, 9.17) is 4.74 Å². The number of ether oxygens (including phenoxy) is 1. The van der Waals surface area contributed by atoms with E-state index in [-0.39, 0.29) is 16.7 Å². The van der Waals surface area contributed by atoms with Gasteiger partial charge in [0, 0.05) is 12.3 Å². The zero-order valence-corrected chi connectivity index (χ0v) is 10.5. The van der Waals surface area contributed by atoms with E-state index in [0.717, 1.165) is 12.8 Å². The Bertz CT molecular complexity index is 328. The highest BCUT2D eigenvalue weighted by Crippen LogP contribution is 2.62. The number of carbonyl (C=O) groups excluding carboxylic acids is 1. The Morgan fingerprint density at radius 3 is 2.56 bits per heavy atom. The molecule has 0 aromatic heterocycles. The predicted octanol–water partition coefficient (Wildman–Crippen LogP) is 1.04. The second kappa shape index (κ2) is 3.20. The number of nitrogens with one attached hydrogen (secondary N) is 1. The Balaban J connectivity index is 2.44. The summed E-state index contributed by atoms with van der Waals surface area (Å²) in [5, 5.41) is 13.0. The number of aliphatic hydroxyl groups is 1. The van der Waals surface area contributed by atoms with Gasteiger partial charge in [0.05, 0.1) is 12.1 Å². The van der Waals surface area contributed by atoms with E-state index in [2.05, 4.69) is 26.1 Å². The quantitative estimate of drug-likeness (QED) is 0.703. The van der Waals surface area contributed by atoms with Crippen LogP contribution in [0.4, 0.5) is 0 Å². The molecule has 1 heterocycles. The summed E-state index contributed by atoms with van der Waals surface area (Å²) in [7, 11) is 0. The lowest BCUT2D eigenvalue weighted by molar-refractivity contribution is -0.240. The van der Waals surface area contributed by atoms with E-state index in [1.54, 1.807) is 0 Å². The molecule has 92 valence electrons. The third-order valence-electron chi connectivity index (χ3n) is 5.08. The zero-order chi connectivity index (χ0) is 12.2. The largest absolute Gasteiger partial charge is 0.366 e. The molecule has 0 radical (unpaired) electrons. The predicted molar refractivity (Wildman–Crippen MR) is 59.6 cm³/mol. The number of rotatable bonds is 1. The smallest absolute Gasteiger partial charge is 0.217 e. The van der Waals surface area contributed by atoms with Gasteiger partial charge in [-0.15, -0.1) is 0 Å². The highest BCUT2D eigenvalue weighted by molar-refractivity contribution is 5.74. The molecule has 16 heavy (non-hydrogen) atoms. The van der Waals surface area contributed by atoms with Crippen molar-refractivity contribution in [3.8, 4) is 0 Å². The molecular formula is C12H21NO3. The molecule has 2 rings (SSSR count). The van der Waals surface area contributed by atoms with E-state index < -0.39 is 11.8 Å². The van der Waals surface area contributed by atoms with Gasteiger partial charge in [0.2, 0.25) is 5.91 Å². The lowest BCUT2D eigenvalue weighted by Crippen LogP contribution is -2.68. The number of hydrogen-bond donors (Lipinski definition) is 2. The van der Waals surface area contributed by atoms with Gasteiger partial charge in [0.25, 0.3) is 0 Å². The fraction of sp³-hybridized carbons (Fsp3) is 0.917. The molecule has 2 aliphatic rings. The van der Waals surface area contributed by atoms with Gasteiger partial charge in [-0.1, -0.05) is 20.8 Å². The van der Waals surface area contributed by atoms with E-state index in [0.29, 0.717) is 6.61 Å². The van der Waals surface area contributed by atoms with E-state index in [1.807, 2.05) is 0 Å². The molecule has 2 N–H and O–H groups in total. The Kier molecular flexibility index (Phi) is 2.37. The maximum Gasteiger partial charge on any atom is 0.217 e. The molecule has 0 aromatic rings. The van der Waals surface area contributed by atoms with Crippen LogP contribution < -0.4 is 5.32 Å². The van der Waals surface area contributed by atoms with Crippen LogP contribution in [-0.4, -0.2) is 29.4 Å². The van der Waals surface area contributed by atoms with E-state index in [1.165, 1.54) is 6.92 Å². The maximum absolute atomic E-state index is 11.4. The third-order valence-corrected chi connectivity index (χ3v) is 5.08. The molecule has 0 aromatic carbocycles. The first-order valence-electron chi connectivity index (χ1n) is 5.84. The molecule has 1 aliphatic heterocycles. The third kappa shape index (κ3) is 1.20. The Labute approximate surface area is 96.4 Å². The summed E-state index contributed by atoms with van der Waals surface area (Å²) in [6.45, 7) is 8.44. The number of carbonyl (C=O) groups is 1. The summed E-state index contributed by atoms with van der Waals surface area (Å²) in [6, 6.07) is 0. The molecule has 1 amide bonds. The summed E-state index contributed by atoms with van der Waals surface area (Å²) in [4.78, 5) is 11.4. The zero-order valence-electron chi connectivity index (χ0n) is 10.5. The summed E-state index contributed by atoms with van der Waals surface area (Å²) >= 11 is 0. The molecule has 2 fully saturated rings. The van der Waals surface area contributed by atoms with Crippen molar-refractivity contribution in [2.75, 3.05) is 6.61 Å². The first-order chi connectivity index (χ1) is 7.25. The molecule has 1 saturated heterocycles. The highest BCUT2D eigenvalue weighted by atomic mass is 16.6. The molecule has 0 spiro atoms. The van der Waals surface area contributed by atoms with Crippen molar-refractivity contribution in [3.63, 3.8) is 0 Å². The SMILES string of the molecule is CC(=O)N[C@@]12CC[C@@](C)(COC1O)C2(C)C. The van der Waals surface area contributed by atoms with Crippen LogP contribution >= 0.6 is 0 Å². The van der Waals surface area contributed by atoms with Gasteiger partial charge in [0.1, 0.15) is 0 Å². The van der Waals surface area contributed by atoms with Gasteiger partial charge in [-0.25, -0.2) is 0 Å². The lowest BCUT2D eigenvalue weighted by Gasteiger charge is -2.54. The van der Waals surface area contributed by atoms with E-state index >= 15 is 0 Å². The number of aliphatic hydroxyl groups excluding tert-OH is 1. The number of hydrogen-bond acceptors (Lipinski definition) is 3. The fourth-order valence-corrected chi connectivity index (χ4v) is 3.32. The van der Waals surface area contributed by atoms with Crippen LogP contribution in [0.25, 0.3) is 0 Å². The van der Waals surface area contributed by atoms with Crippen molar-refractivity contribution in [1.82, 2.24) is 5.32 Å². The minimum atomic E-state index is -0.901. The second-order valence-electron chi connectivity index (χ2n) is 6.00. The van der Waals surface area contributed by atoms with Crippen LogP contribution in [0, 0.1) is 10.8 Å². The minimum absolute atomic E-state index is 0.0225. The van der Waals surface area contributed by atoms with Gasteiger partial charge in [-0.2, -0.15) is 0 Å². The molecule has 4 nitrogen and oxygen atoms in total. The lowest BCUT2D eigenvalue weighted by atomic mass is 9.61. The van der Waals surface area contributed by atoms with Gasteiger partial charge < -0.3 is 15.2 Å². The van der Waals surface area contributed by atoms with Crippen LogP contribution in [0.3, 0.4) is 0 Å². The summed E-state index contributed by atoms with van der Waals surface area (Å²) in [5.74, 6) is -0.109. The van der Waals surface area contributed by atoms with Crippen LogP contribution in [0.5, 0.6) is 0 Å². The monoisotopic (exact) mass is 227 g/mol. The molecule has 1 unspecified atom stereocenters. The average Bonchev–Trinajstić information content (AvgIpc) is 2.31. The normalized spacial score (nSPS) is 45.4. The highest BCUT2D eigenvalue weighted by Gasteiger charge is 2.67. The molecule has 1 saturated carbocycles. The second-order valence-corrected chi connectivity index (χ2v) is 6.00. The molecular weight excluding hydrogens is 206 g/mol. The first kappa shape index (κ1) is 11.9. The van der Waals surface area contributed by atoms with Crippen molar-refractivity contribution < 1.29 is 14.6 Å². The van der Waals surface area contributed by atoms with Crippen LogP contribution in [0.2, 0.25) is 0 Å². The van der Waals surface area contributed by atoms with Crippen LogP contribution in [-0.2, 0) is 9.53 Å². The maximum atomic E-state index is 11.4. The summed E-state index contributed by atoms with van der Waals surface area (Å²) in [5.41, 5.74) is -0.774. The summed E-state index contributed by atoms with van der Waals surface area (Å²) < 4.78 is 5.45. The van der Waals surface area contributed by atoms with Crippen molar-refractivity contribution in [2.45, 2.75) is 52.4 Å². The van der Waals surface area contributed by atoms with Crippen LogP contribution in [0.15, 0.2) is 0 Å². The Morgan fingerprint density at radius 2 is 2.00 bits per heavy atom. The topological polar surface area (TPSA) is 58.6 Å². The van der Waals surface area contributed by atoms with Gasteiger partial charge in [0.15, 0.2) is 6.29 Å². The van der Waals surface area contributed by atoms with Gasteiger partial charge in [-0.3, -0.25) is 4.79 Å². The minimum Gasteiger partial charge on any atom is -0.366 e. The molecule has 1 aliphatic carbocycles. The molecule has 2 bridgehead atoms. The van der Waals surface area contributed by atoms with Gasteiger partial charge in [-0.05, 0) is 18.3 Å². The number of fused-ring (bicyclic) bond motifs is 2. The molecule has 3 atom stereocenters.